The Hall–Kier alpha value is -1.81. The molecule has 0 unspecified atom stereocenters. The van der Waals surface area contributed by atoms with E-state index in [4.69, 9.17) is 5.73 Å². The lowest BCUT2D eigenvalue weighted by molar-refractivity contribution is 0.467. The van der Waals surface area contributed by atoms with Gasteiger partial charge in [0.1, 0.15) is 5.75 Å². The quantitative estimate of drug-likeness (QED) is 0.804. The minimum atomic E-state index is 0.215. The molecule has 0 bridgehead atoms. The molecule has 4 nitrogen and oxygen atoms in total. The first-order valence-electron chi connectivity index (χ1n) is 5.18. The van der Waals surface area contributed by atoms with Crippen LogP contribution in [0.1, 0.15) is 17.0 Å². The molecule has 1 heterocycles. The molecule has 2 rings (SSSR count). The maximum Gasteiger partial charge on any atom is 0.122 e. The van der Waals surface area contributed by atoms with E-state index in [-0.39, 0.29) is 5.75 Å². The van der Waals surface area contributed by atoms with Gasteiger partial charge in [-0.25, -0.2) is 4.68 Å². The smallest absolute Gasteiger partial charge is 0.122 e. The van der Waals surface area contributed by atoms with Gasteiger partial charge in [0.15, 0.2) is 0 Å². The highest BCUT2D eigenvalue weighted by Crippen LogP contribution is 2.24. The summed E-state index contributed by atoms with van der Waals surface area (Å²) in [4.78, 5) is 0. The molecular formula is C12H15N3O. The summed E-state index contributed by atoms with van der Waals surface area (Å²) in [6.45, 7) is 4.21. The van der Waals surface area contributed by atoms with Crippen LogP contribution in [-0.4, -0.2) is 14.9 Å². The van der Waals surface area contributed by atoms with Crippen LogP contribution in [0.5, 0.6) is 5.75 Å². The fourth-order valence-electron chi connectivity index (χ4n) is 1.84. The van der Waals surface area contributed by atoms with E-state index in [1.54, 1.807) is 16.8 Å². The highest BCUT2D eigenvalue weighted by molar-refractivity contribution is 5.49. The first-order chi connectivity index (χ1) is 7.63. The molecule has 0 spiro atoms. The molecule has 3 N–H and O–H groups in total. The van der Waals surface area contributed by atoms with Crippen molar-refractivity contribution in [3.8, 4) is 11.4 Å². The third-order valence-corrected chi connectivity index (χ3v) is 2.57. The van der Waals surface area contributed by atoms with Gasteiger partial charge in [-0.2, -0.15) is 5.10 Å². The van der Waals surface area contributed by atoms with Crippen LogP contribution in [0.3, 0.4) is 0 Å². The average Bonchev–Trinajstić information content (AvgIpc) is 2.57. The first kappa shape index (κ1) is 10.7. The zero-order valence-corrected chi connectivity index (χ0v) is 9.44. The van der Waals surface area contributed by atoms with E-state index < -0.39 is 0 Å². The van der Waals surface area contributed by atoms with Gasteiger partial charge in [0.2, 0.25) is 0 Å². The van der Waals surface area contributed by atoms with Crippen LogP contribution in [0.4, 0.5) is 0 Å². The van der Waals surface area contributed by atoms with E-state index in [1.165, 1.54) is 0 Å². The van der Waals surface area contributed by atoms with Crippen molar-refractivity contribution in [2.24, 2.45) is 5.73 Å². The minimum absolute atomic E-state index is 0.215. The van der Waals surface area contributed by atoms with Gasteiger partial charge in [0, 0.05) is 17.8 Å². The molecule has 2 aromatic rings. The monoisotopic (exact) mass is 217 g/mol. The van der Waals surface area contributed by atoms with Crippen LogP contribution in [0, 0.1) is 13.8 Å². The van der Waals surface area contributed by atoms with Crippen molar-refractivity contribution < 1.29 is 5.11 Å². The highest BCUT2D eigenvalue weighted by atomic mass is 16.3. The van der Waals surface area contributed by atoms with Crippen molar-refractivity contribution in [1.29, 1.82) is 0 Å². The molecule has 0 atom stereocenters. The van der Waals surface area contributed by atoms with E-state index in [0.717, 1.165) is 17.1 Å². The number of hydrogen-bond acceptors (Lipinski definition) is 3. The fraction of sp³-hybridized carbons (Fsp3) is 0.250. The number of aryl methyl sites for hydroxylation is 2. The normalized spacial score (nSPS) is 10.7. The maximum absolute atomic E-state index is 9.73. The van der Waals surface area contributed by atoms with Crippen LogP contribution in [0.2, 0.25) is 0 Å². The van der Waals surface area contributed by atoms with Gasteiger partial charge in [-0.15, -0.1) is 0 Å². The molecule has 1 aromatic heterocycles. The molecule has 84 valence electrons. The van der Waals surface area contributed by atoms with Crippen LogP contribution in [0.25, 0.3) is 5.69 Å². The molecule has 0 amide bonds. The third kappa shape index (κ3) is 1.67. The highest BCUT2D eigenvalue weighted by Gasteiger charge is 2.10. The van der Waals surface area contributed by atoms with Crippen molar-refractivity contribution in [2.45, 2.75) is 20.4 Å². The Morgan fingerprint density at radius 1 is 1.38 bits per heavy atom. The van der Waals surface area contributed by atoms with Crippen LogP contribution in [0.15, 0.2) is 24.3 Å². The first-order valence-corrected chi connectivity index (χ1v) is 5.18. The molecule has 4 heteroatoms. The Bertz CT molecular complexity index is 517. The number of nitrogens with zero attached hydrogens (tertiary/aromatic N) is 2. The average molecular weight is 217 g/mol. The summed E-state index contributed by atoms with van der Waals surface area (Å²) in [5.41, 5.74) is 9.18. The topological polar surface area (TPSA) is 64.1 Å². The second-order valence-corrected chi connectivity index (χ2v) is 3.82. The third-order valence-electron chi connectivity index (χ3n) is 2.57. The molecule has 0 aliphatic rings. The number of phenols is 1. The van der Waals surface area contributed by atoms with E-state index >= 15 is 0 Å². The molecule has 1 aromatic carbocycles. The number of nitrogens with two attached hydrogens (primary N) is 1. The van der Waals surface area contributed by atoms with Crippen LogP contribution in [-0.2, 0) is 6.54 Å². The number of aromatic hydroxyl groups is 1. The van der Waals surface area contributed by atoms with Gasteiger partial charge >= 0.3 is 0 Å². The lowest BCUT2D eigenvalue weighted by Gasteiger charge is -2.11. The molecular weight excluding hydrogens is 202 g/mol. The predicted molar refractivity (Wildman–Crippen MR) is 62.6 cm³/mol. The van der Waals surface area contributed by atoms with E-state index in [2.05, 4.69) is 5.10 Å². The van der Waals surface area contributed by atoms with Crippen molar-refractivity contribution >= 4 is 0 Å². The van der Waals surface area contributed by atoms with Crippen molar-refractivity contribution in [2.75, 3.05) is 0 Å². The second kappa shape index (κ2) is 3.98. The van der Waals surface area contributed by atoms with Crippen LogP contribution < -0.4 is 5.73 Å². The zero-order valence-electron chi connectivity index (χ0n) is 9.44. The Balaban J connectivity index is 2.64. The Labute approximate surface area is 94.3 Å². The Kier molecular flexibility index (Phi) is 2.66. The number of rotatable bonds is 2. The predicted octanol–water partition coefficient (Wildman–Crippen LogP) is 1.65. The molecule has 0 aliphatic heterocycles. The van der Waals surface area contributed by atoms with Gasteiger partial charge in [-0.3, -0.25) is 0 Å². The molecule has 0 saturated heterocycles. The Morgan fingerprint density at radius 2 is 2.12 bits per heavy atom. The summed E-state index contributed by atoms with van der Waals surface area (Å²) >= 11 is 0. The van der Waals surface area contributed by atoms with Gasteiger partial charge in [0.25, 0.3) is 0 Å². The Morgan fingerprint density at radius 3 is 2.69 bits per heavy atom. The molecule has 16 heavy (non-hydrogen) atoms. The van der Waals surface area contributed by atoms with E-state index in [9.17, 15) is 5.11 Å². The van der Waals surface area contributed by atoms with E-state index in [0.29, 0.717) is 12.1 Å². The number of hydrogen-bond donors (Lipinski definition) is 2. The summed E-state index contributed by atoms with van der Waals surface area (Å²) in [7, 11) is 0. The summed E-state index contributed by atoms with van der Waals surface area (Å²) in [6.07, 6.45) is 0. The fourth-order valence-corrected chi connectivity index (χ4v) is 1.84. The standard InChI is InChI=1S/C12H15N3O/c1-8-6-9(2)15(14-8)11-4-3-5-12(16)10(11)7-13/h3-6,16H,7,13H2,1-2H3. The van der Waals surface area contributed by atoms with Crippen molar-refractivity contribution in [3.05, 3.63) is 41.2 Å². The largest absolute Gasteiger partial charge is 0.508 e. The molecule has 0 radical (unpaired) electrons. The lowest BCUT2D eigenvalue weighted by atomic mass is 10.1. The van der Waals surface area contributed by atoms with Gasteiger partial charge in [-0.1, -0.05) is 6.07 Å². The summed E-state index contributed by atoms with van der Waals surface area (Å²) in [6, 6.07) is 7.32. The van der Waals surface area contributed by atoms with Crippen LogP contribution >= 0.6 is 0 Å². The van der Waals surface area contributed by atoms with Gasteiger partial charge < -0.3 is 10.8 Å². The summed E-state index contributed by atoms with van der Waals surface area (Å²) in [5.74, 6) is 0.215. The second-order valence-electron chi connectivity index (χ2n) is 3.82. The van der Waals surface area contributed by atoms with Crippen molar-refractivity contribution in [3.63, 3.8) is 0 Å². The minimum Gasteiger partial charge on any atom is -0.508 e. The SMILES string of the molecule is Cc1cc(C)n(-c2cccc(O)c2CN)n1. The number of phenolic OH excluding ortho intramolecular Hbond substituents is 1. The number of aromatic nitrogens is 2. The lowest BCUT2D eigenvalue weighted by Crippen LogP contribution is -2.07. The van der Waals surface area contributed by atoms with Gasteiger partial charge in [-0.05, 0) is 32.0 Å². The summed E-state index contributed by atoms with van der Waals surface area (Å²) in [5, 5.41) is 14.1. The van der Waals surface area contributed by atoms with Gasteiger partial charge in [0.05, 0.1) is 11.4 Å². The zero-order chi connectivity index (χ0) is 11.7. The molecule has 0 saturated carbocycles. The summed E-state index contributed by atoms with van der Waals surface area (Å²) < 4.78 is 1.80. The van der Waals surface area contributed by atoms with E-state index in [1.807, 2.05) is 26.0 Å². The number of benzene rings is 1. The molecule has 0 fully saturated rings. The van der Waals surface area contributed by atoms with Crippen molar-refractivity contribution in [1.82, 2.24) is 9.78 Å². The maximum atomic E-state index is 9.73. The molecule has 0 aliphatic carbocycles.